The van der Waals surface area contributed by atoms with Crippen molar-refractivity contribution < 1.29 is 14.3 Å². The lowest BCUT2D eigenvalue weighted by Gasteiger charge is -2.04. The summed E-state index contributed by atoms with van der Waals surface area (Å²) in [5, 5.41) is 9.91. The highest BCUT2D eigenvalue weighted by atomic mass is 32.1. The summed E-state index contributed by atoms with van der Waals surface area (Å²) in [6.45, 7) is 0.764. The molecular formula is C22H21N5O3S2. The number of hydrogen-bond donors (Lipinski definition) is 3. The van der Waals surface area contributed by atoms with Crippen molar-refractivity contribution >= 4 is 56.3 Å². The molecule has 0 spiro atoms. The maximum atomic E-state index is 12.5. The second-order valence-electron chi connectivity index (χ2n) is 7.53. The van der Waals surface area contributed by atoms with Crippen LogP contribution in [0.1, 0.15) is 35.3 Å². The normalized spacial score (nSPS) is 15.8. The molecule has 0 saturated carbocycles. The maximum Gasteiger partial charge on any atom is 0.231 e. The average Bonchev–Trinajstić information content (AvgIpc) is 3.55. The van der Waals surface area contributed by atoms with Gasteiger partial charge in [0.25, 0.3) is 0 Å². The standard InChI is InChI=1S/C22H21N5O3S2/c28-19(10-14-12-32-22(24-14)27-20(29)11-15-3-2-8-31-15)23-13-5-6-16-17(9-13)26-21(25-16)18-4-1-7-30-18/h2-3,5-6,8-9,12,18H,1,4,7,10-11H2,(H,23,28)(H,25,26)(H,24,27,29). The van der Waals surface area contributed by atoms with Crippen molar-refractivity contribution in [3.05, 3.63) is 57.5 Å². The van der Waals surface area contributed by atoms with E-state index in [1.54, 1.807) is 16.7 Å². The first-order valence-corrected chi connectivity index (χ1v) is 12.1. The van der Waals surface area contributed by atoms with Crippen molar-refractivity contribution in [1.82, 2.24) is 15.0 Å². The minimum Gasteiger partial charge on any atom is -0.370 e. The summed E-state index contributed by atoms with van der Waals surface area (Å²) in [6, 6.07) is 9.42. The molecule has 3 aromatic heterocycles. The maximum absolute atomic E-state index is 12.5. The molecular weight excluding hydrogens is 446 g/mol. The van der Waals surface area contributed by atoms with E-state index in [1.807, 2.05) is 35.7 Å². The molecule has 1 atom stereocenters. The quantitative estimate of drug-likeness (QED) is 0.376. The summed E-state index contributed by atoms with van der Waals surface area (Å²) in [4.78, 5) is 37.9. The molecule has 1 aromatic carbocycles. The predicted molar refractivity (Wildman–Crippen MR) is 125 cm³/mol. The van der Waals surface area contributed by atoms with E-state index in [0.29, 0.717) is 22.9 Å². The highest BCUT2D eigenvalue weighted by Gasteiger charge is 2.21. The van der Waals surface area contributed by atoms with E-state index >= 15 is 0 Å². The van der Waals surface area contributed by atoms with Gasteiger partial charge >= 0.3 is 0 Å². The Morgan fingerprint density at radius 1 is 1.12 bits per heavy atom. The number of benzene rings is 1. The van der Waals surface area contributed by atoms with Crippen molar-refractivity contribution in [1.29, 1.82) is 0 Å². The fourth-order valence-electron chi connectivity index (χ4n) is 3.60. The molecule has 1 saturated heterocycles. The van der Waals surface area contributed by atoms with E-state index in [1.165, 1.54) is 11.3 Å². The van der Waals surface area contributed by atoms with Crippen LogP contribution in [0.4, 0.5) is 10.8 Å². The van der Waals surface area contributed by atoms with Gasteiger partial charge in [0.1, 0.15) is 11.9 Å². The highest BCUT2D eigenvalue weighted by Crippen LogP contribution is 2.28. The molecule has 1 fully saturated rings. The van der Waals surface area contributed by atoms with Crippen molar-refractivity contribution in [2.75, 3.05) is 17.2 Å². The van der Waals surface area contributed by atoms with Gasteiger partial charge in [-0.1, -0.05) is 6.07 Å². The van der Waals surface area contributed by atoms with E-state index in [-0.39, 0.29) is 24.3 Å². The van der Waals surface area contributed by atoms with Crippen LogP contribution in [0.15, 0.2) is 41.1 Å². The van der Waals surface area contributed by atoms with Crippen LogP contribution < -0.4 is 10.6 Å². The number of amides is 2. The molecule has 4 aromatic rings. The lowest BCUT2D eigenvalue weighted by molar-refractivity contribution is -0.116. The summed E-state index contributed by atoms with van der Waals surface area (Å²) in [6.07, 6.45) is 2.47. The number of thiophene rings is 1. The molecule has 0 aliphatic carbocycles. The Morgan fingerprint density at radius 3 is 2.84 bits per heavy atom. The number of carbonyl (C=O) groups excluding carboxylic acids is 2. The summed E-state index contributed by atoms with van der Waals surface area (Å²) in [5.41, 5.74) is 3.00. The number of nitrogens with zero attached hydrogens (tertiary/aromatic N) is 2. The first-order valence-electron chi connectivity index (χ1n) is 10.3. The lowest BCUT2D eigenvalue weighted by Crippen LogP contribution is -2.15. The number of carbonyl (C=O) groups is 2. The molecule has 1 aliphatic rings. The second kappa shape index (κ2) is 9.19. The van der Waals surface area contributed by atoms with Gasteiger partial charge in [-0.25, -0.2) is 9.97 Å². The molecule has 0 bridgehead atoms. The number of aromatic nitrogens is 3. The van der Waals surface area contributed by atoms with Crippen molar-refractivity contribution in [2.24, 2.45) is 0 Å². The van der Waals surface area contributed by atoms with E-state index < -0.39 is 0 Å². The smallest absolute Gasteiger partial charge is 0.231 e. The Morgan fingerprint density at radius 2 is 2.03 bits per heavy atom. The number of ether oxygens (including phenoxy) is 1. The Bertz CT molecular complexity index is 1240. The van der Waals surface area contributed by atoms with Crippen molar-refractivity contribution in [3.8, 4) is 0 Å². The first kappa shape index (κ1) is 20.8. The largest absolute Gasteiger partial charge is 0.370 e. The van der Waals surface area contributed by atoms with Gasteiger partial charge in [-0.15, -0.1) is 22.7 Å². The fraction of sp³-hybridized carbons (Fsp3) is 0.273. The summed E-state index contributed by atoms with van der Waals surface area (Å²) >= 11 is 2.85. The minimum atomic E-state index is -0.176. The van der Waals surface area contributed by atoms with Crippen LogP contribution in [0, 0.1) is 0 Å². The van der Waals surface area contributed by atoms with Crippen LogP contribution in [0.5, 0.6) is 0 Å². The molecule has 3 N–H and O–H groups in total. The van der Waals surface area contributed by atoms with Gasteiger partial charge in [0, 0.05) is 22.6 Å². The zero-order valence-corrected chi connectivity index (χ0v) is 18.7. The van der Waals surface area contributed by atoms with Gasteiger partial charge in [0.2, 0.25) is 11.8 Å². The summed E-state index contributed by atoms with van der Waals surface area (Å²) in [5.74, 6) is 0.537. The fourth-order valence-corrected chi connectivity index (χ4v) is 5.03. The molecule has 1 unspecified atom stereocenters. The topological polar surface area (TPSA) is 109 Å². The summed E-state index contributed by atoms with van der Waals surface area (Å²) < 4.78 is 5.69. The van der Waals surface area contributed by atoms with Crippen LogP contribution in [-0.2, 0) is 27.2 Å². The van der Waals surface area contributed by atoms with Crippen LogP contribution in [0.25, 0.3) is 11.0 Å². The van der Waals surface area contributed by atoms with Gasteiger partial charge in [-0.2, -0.15) is 0 Å². The second-order valence-corrected chi connectivity index (χ2v) is 9.42. The van der Waals surface area contributed by atoms with Crippen LogP contribution >= 0.6 is 22.7 Å². The molecule has 32 heavy (non-hydrogen) atoms. The molecule has 1 aliphatic heterocycles. The van der Waals surface area contributed by atoms with Crippen LogP contribution in [-0.4, -0.2) is 33.4 Å². The predicted octanol–water partition coefficient (Wildman–Crippen LogP) is 4.29. The van der Waals surface area contributed by atoms with Crippen molar-refractivity contribution in [2.45, 2.75) is 31.8 Å². The highest BCUT2D eigenvalue weighted by molar-refractivity contribution is 7.14. The minimum absolute atomic E-state index is 0.0186. The number of fused-ring (bicyclic) bond motifs is 1. The number of anilines is 2. The summed E-state index contributed by atoms with van der Waals surface area (Å²) in [7, 11) is 0. The number of rotatable bonds is 7. The number of thiazole rings is 1. The lowest BCUT2D eigenvalue weighted by atomic mass is 10.2. The number of nitrogens with one attached hydrogen (secondary N) is 3. The Balaban J connectivity index is 1.17. The zero-order chi connectivity index (χ0) is 21.9. The number of imidazole rings is 1. The van der Waals surface area contributed by atoms with Gasteiger partial charge in [-0.05, 0) is 42.5 Å². The van der Waals surface area contributed by atoms with E-state index in [0.717, 1.165) is 41.2 Å². The number of H-pyrrole nitrogens is 1. The Kier molecular flexibility index (Phi) is 5.97. The monoisotopic (exact) mass is 467 g/mol. The third kappa shape index (κ3) is 4.87. The Hall–Kier alpha value is -3.08. The van der Waals surface area contributed by atoms with E-state index in [2.05, 4.69) is 25.6 Å². The third-order valence-corrected chi connectivity index (χ3v) is 6.76. The van der Waals surface area contributed by atoms with Crippen LogP contribution in [0.2, 0.25) is 0 Å². The van der Waals surface area contributed by atoms with Crippen LogP contribution in [0.3, 0.4) is 0 Å². The zero-order valence-electron chi connectivity index (χ0n) is 17.1. The molecule has 2 amide bonds. The molecule has 10 heteroatoms. The third-order valence-electron chi connectivity index (χ3n) is 5.07. The van der Waals surface area contributed by atoms with Gasteiger partial charge in [0.15, 0.2) is 5.13 Å². The van der Waals surface area contributed by atoms with Gasteiger partial charge < -0.3 is 20.4 Å². The molecule has 8 nitrogen and oxygen atoms in total. The van der Waals surface area contributed by atoms with E-state index in [9.17, 15) is 9.59 Å². The Labute approximate surface area is 192 Å². The number of hydrogen-bond acceptors (Lipinski definition) is 7. The molecule has 4 heterocycles. The van der Waals surface area contributed by atoms with Gasteiger partial charge in [0.05, 0.1) is 29.6 Å². The first-order chi connectivity index (χ1) is 15.6. The molecule has 5 rings (SSSR count). The number of aromatic amines is 1. The average molecular weight is 468 g/mol. The van der Waals surface area contributed by atoms with E-state index in [4.69, 9.17) is 4.74 Å². The van der Waals surface area contributed by atoms with Crippen molar-refractivity contribution in [3.63, 3.8) is 0 Å². The molecule has 164 valence electrons. The SMILES string of the molecule is O=C(Cc1csc(NC(=O)Cc2cccs2)n1)Nc1ccc2nc(C3CCCO3)[nH]c2c1. The van der Waals surface area contributed by atoms with Gasteiger partial charge in [-0.3, -0.25) is 9.59 Å². The molecule has 0 radical (unpaired) electrons.